The van der Waals surface area contributed by atoms with Gasteiger partial charge in [0.1, 0.15) is 11.9 Å². The molecule has 2 N–H and O–H groups in total. The van der Waals surface area contributed by atoms with Crippen LogP contribution in [0, 0.1) is 17.8 Å². The van der Waals surface area contributed by atoms with Gasteiger partial charge in [-0.05, 0) is 107 Å². The van der Waals surface area contributed by atoms with Gasteiger partial charge in [-0.1, -0.05) is 58.6 Å². The maximum Gasteiger partial charge on any atom is 0.256 e. The third kappa shape index (κ3) is 7.74. The number of ketones is 1. The first kappa shape index (κ1) is 36.3. The largest absolute Gasteiger partial charge is 0.496 e. The highest BCUT2D eigenvalue weighted by molar-refractivity contribution is 6.20. The van der Waals surface area contributed by atoms with E-state index in [1.54, 1.807) is 7.11 Å². The summed E-state index contributed by atoms with van der Waals surface area (Å²) >= 11 is 0. The Morgan fingerprint density at radius 2 is 1.88 bits per heavy atom. The molecule has 10 unspecified atom stereocenters. The summed E-state index contributed by atoms with van der Waals surface area (Å²) in [5.41, 5.74) is 2.51. The lowest BCUT2D eigenvalue weighted by Crippen LogP contribution is -2.73. The summed E-state index contributed by atoms with van der Waals surface area (Å²) in [6, 6.07) is 5.58. The number of carbonyl (C=O) groups is 2. The highest BCUT2D eigenvalue weighted by Crippen LogP contribution is 2.50. The molecule has 2 aliphatic heterocycles. The van der Waals surface area contributed by atoms with E-state index in [9.17, 15) is 9.59 Å². The topological polar surface area (TPSA) is 83.1 Å². The molecule has 1 aromatic carbocycles. The molecular formula is C40H61FN4O4. The van der Waals surface area contributed by atoms with E-state index in [1.807, 2.05) is 13.1 Å². The number of amides is 1. The highest BCUT2D eigenvalue weighted by atomic mass is 19.1. The van der Waals surface area contributed by atoms with Crippen molar-refractivity contribution in [3.8, 4) is 5.75 Å². The number of benzene rings is 1. The predicted molar refractivity (Wildman–Crippen MR) is 191 cm³/mol. The van der Waals surface area contributed by atoms with Crippen LogP contribution in [0.25, 0.3) is 0 Å². The summed E-state index contributed by atoms with van der Waals surface area (Å²) in [5.74, 6) is 1.03. The van der Waals surface area contributed by atoms with Crippen LogP contribution in [0.15, 0.2) is 30.0 Å². The van der Waals surface area contributed by atoms with E-state index in [1.165, 1.54) is 31.2 Å². The van der Waals surface area contributed by atoms with Crippen LogP contribution >= 0.6 is 0 Å². The van der Waals surface area contributed by atoms with Crippen LogP contribution in [0.4, 0.5) is 4.39 Å². The number of alkyl halides is 1. The van der Waals surface area contributed by atoms with Gasteiger partial charge in [-0.3, -0.25) is 9.59 Å². The second-order valence-corrected chi connectivity index (χ2v) is 15.5. The molecule has 4 fully saturated rings. The summed E-state index contributed by atoms with van der Waals surface area (Å²) in [4.78, 5) is 32.6. The van der Waals surface area contributed by atoms with Crippen LogP contribution in [0.5, 0.6) is 5.75 Å². The number of nitrogens with one attached hydrogen (secondary N) is 2. The molecular weight excluding hydrogens is 619 g/mol. The minimum atomic E-state index is -1.25. The fourth-order valence-electron chi connectivity index (χ4n) is 9.85. The Balaban J connectivity index is 1.20. The maximum atomic E-state index is 16.4. The van der Waals surface area contributed by atoms with Crippen molar-refractivity contribution in [1.29, 1.82) is 0 Å². The van der Waals surface area contributed by atoms with Crippen LogP contribution in [0.2, 0.25) is 0 Å². The Hall–Kier alpha value is -2.49. The van der Waals surface area contributed by atoms with Gasteiger partial charge in [0, 0.05) is 18.2 Å². The van der Waals surface area contributed by atoms with Crippen LogP contribution < -0.4 is 15.4 Å². The van der Waals surface area contributed by atoms with E-state index in [0.29, 0.717) is 18.4 Å². The molecule has 0 bridgehead atoms. The van der Waals surface area contributed by atoms with Gasteiger partial charge in [-0.2, -0.15) is 0 Å². The third-order valence-corrected chi connectivity index (χ3v) is 12.6. The lowest BCUT2D eigenvalue weighted by atomic mass is 9.65. The molecule has 10 atom stereocenters. The second-order valence-electron chi connectivity index (χ2n) is 15.5. The Labute approximate surface area is 293 Å². The van der Waals surface area contributed by atoms with Crippen molar-refractivity contribution in [1.82, 2.24) is 20.4 Å². The molecule has 2 heterocycles. The number of halogens is 1. The Kier molecular flexibility index (Phi) is 12.0. The molecule has 0 aromatic heterocycles. The fourth-order valence-corrected chi connectivity index (χ4v) is 9.85. The molecule has 0 radical (unpaired) electrons. The van der Waals surface area contributed by atoms with Crippen molar-refractivity contribution in [2.24, 2.45) is 17.8 Å². The average molecular weight is 681 g/mol. The minimum Gasteiger partial charge on any atom is -0.496 e. The van der Waals surface area contributed by atoms with E-state index < -0.39 is 24.2 Å². The van der Waals surface area contributed by atoms with E-state index in [-0.39, 0.29) is 47.9 Å². The van der Waals surface area contributed by atoms with Crippen molar-refractivity contribution >= 4 is 11.7 Å². The normalized spacial score (nSPS) is 32.9. The number of aryl methyl sites for hydroxylation is 1. The van der Waals surface area contributed by atoms with Crippen molar-refractivity contribution < 1.29 is 23.5 Å². The summed E-state index contributed by atoms with van der Waals surface area (Å²) in [6.45, 7) is 12.1. The van der Waals surface area contributed by atoms with E-state index in [2.05, 4.69) is 59.4 Å². The number of Topliss-reactive ketones (excluding diaryl/α,β-unsaturated/α-hetero) is 1. The fraction of sp³-hybridized carbons (Fsp3) is 0.750. The molecule has 5 aliphatic rings. The Morgan fingerprint density at radius 1 is 1.12 bits per heavy atom. The smallest absolute Gasteiger partial charge is 0.256 e. The van der Waals surface area contributed by atoms with Crippen molar-refractivity contribution in [3.63, 3.8) is 0 Å². The minimum absolute atomic E-state index is 0.0329. The Morgan fingerprint density at radius 3 is 2.59 bits per heavy atom. The molecule has 9 heteroatoms. The number of rotatable bonds is 14. The molecule has 8 nitrogen and oxygen atoms in total. The van der Waals surface area contributed by atoms with Gasteiger partial charge in [-0.25, -0.2) is 4.39 Å². The molecule has 6 rings (SSSR count). The number of methoxy groups -OCH3 is 1. The van der Waals surface area contributed by atoms with E-state index in [4.69, 9.17) is 9.47 Å². The highest BCUT2D eigenvalue weighted by Gasteiger charge is 2.59. The van der Waals surface area contributed by atoms with Gasteiger partial charge >= 0.3 is 0 Å². The van der Waals surface area contributed by atoms with Crippen molar-refractivity contribution in [2.45, 2.75) is 141 Å². The predicted octanol–water partition coefficient (Wildman–Crippen LogP) is 5.62. The van der Waals surface area contributed by atoms with Crippen LogP contribution in [-0.4, -0.2) is 97.3 Å². The number of carbonyl (C=O) groups excluding carboxylic acids is 2. The molecule has 272 valence electrons. The quantitative estimate of drug-likeness (QED) is 0.247. The zero-order chi connectivity index (χ0) is 34.7. The summed E-state index contributed by atoms with van der Waals surface area (Å²) in [7, 11) is 1.70. The van der Waals surface area contributed by atoms with Gasteiger partial charge in [0.25, 0.3) is 5.91 Å². The van der Waals surface area contributed by atoms with Crippen molar-refractivity contribution in [2.75, 3.05) is 33.3 Å². The van der Waals surface area contributed by atoms with Gasteiger partial charge in [0.05, 0.1) is 43.0 Å². The molecule has 1 saturated heterocycles. The monoisotopic (exact) mass is 680 g/mol. The first-order valence-electron chi connectivity index (χ1n) is 19.5. The Bertz CT molecular complexity index is 1340. The molecule has 1 amide bonds. The lowest BCUT2D eigenvalue weighted by molar-refractivity contribution is -0.208. The zero-order valence-electron chi connectivity index (χ0n) is 30.6. The van der Waals surface area contributed by atoms with Gasteiger partial charge in [0.2, 0.25) is 0 Å². The second kappa shape index (κ2) is 16.2. The first-order chi connectivity index (χ1) is 23.8. The summed E-state index contributed by atoms with van der Waals surface area (Å²) < 4.78 is 28.9. The molecule has 3 saturated carbocycles. The van der Waals surface area contributed by atoms with Gasteiger partial charge < -0.3 is 29.9 Å². The zero-order valence-corrected chi connectivity index (χ0v) is 30.6. The maximum absolute atomic E-state index is 16.4. The van der Waals surface area contributed by atoms with Gasteiger partial charge in [-0.15, -0.1) is 0 Å². The first-order valence-corrected chi connectivity index (χ1v) is 19.5. The number of ether oxygens (including phenoxy) is 2. The molecule has 3 aliphatic carbocycles. The third-order valence-electron chi connectivity index (χ3n) is 12.6. The van der Waals surface area contributed by atoms with Crippen LogP contribution in [-0.2, 0) is 27.2 Å². The number of nitrogens with zero attached hydrogens (tertiary/aromatic N) is 2. The number of fused-ring (bicyclic) bond motifs is 3. The van der Waals surface area contributed by atoms with Crippen LogP contribution in [0.1, 0.15) is 96.6 Å². The summed E-state index contributed by atoms with van der Waals surface area (Å²) in [5, 5.41) is 6.69. The standard InChI is InChI=1S/C40H61FN4O4/c1-6-27-16-15-26(20-34(27)48-5)17-18-42-36-32(41)23-30-37-39(36)49-35-22-29-14-10-9-13-28(29)21-33(35)45(37)24-31(38(30)46)40(47)43-25(4)12-11-19-44(7-2)8-3/h15-16,20,24-25,28-30,32-33,35-37,39,42H,6-14,17-19,21-23H2,1-5H3,(H,43,47). The van der Waals surface area contributed by atoms with Crippen LogP contribution in [0.3, 0.4) is 0 Å². The number of hydrogen-bond acceptors (Lipinski definition) is 7. The number of morpholine rings is 1. The van der Waals surface area contributed by atoms with Crippen molar-refractivity contribution in [3.05, 3.63) is 41.1 Å². The molecule has 0 spiro atoms. The molecule has 49 heavy (non-hydrogen) atoms. The van der Waals surface area contributed by atoms with E-state index in [0.717, 1.165) is 69.5 Å². The van der Waals surface area contributed by atoms with Gasteiger partial charge in [0.15, 0.2) is 5.78 Å². The lowest BCUT2D eigenvalue weighted by Gasteiger charge is -2.61. The number of hydrogen-bond donors (Lipinski definition) is 2. The van der Waals surface area contributed by atoms with E-state index >= 15 is 4.39 Å². The SMILES string of the molecule is CCc1ccc(CCNC2C(F)CC3C(=O)C(C(=O)NC(C)CCCN(CC)CC)=CN4C5CC6CCCCC6CC5OC2C34)cc1OC. The average Bonchev–Trinajstić information content (AvgIpc) is 3.11. The summed E-state index contributed by atoms with van der Waals surface area (Å²) in [6.07, 6.45) is 10.7. The molecule has 1 aromatic rings.